The third-order valence-electron chi connectivity index (χ3n) is 4.38. The fourth-order valence-electron chi connectivity index (χ4n) is 3.09. The van der Waals surface area contributed by atoms with Crippen molar-refractivity contribution in [2.45, 2.75) is 12.5 Å². The van der Waals surface area contributed by atoms with Crippen LogP contribution in [0.4, 0.5) is 11.4 Å². The zero-order valence-corrected chi connectivity index (χ0v) is 14.0. The van der Waals surface area contributed by atoms with E-state index >= 15 is 0 Å². The van der Waals surface area contributed by atoms with Crippen molar-refractivity contribution in [3.8, 4) is 0 Å². The Bertz CT molecular complexity index is 896. The zero-order valence-electron chi connectivity index (χ0n) is 14.0. The lowest BCUT2D eigenvalue weighted by Gasteiger charge is -2.18. The quantitative estimate of drug-likeness (QED) is 0.625. The van der Waals surface area contributed by atoms with Gasteiger partial charge in [0.25, 0.3) is 0 Å². The highest BCUT2D eigenvalue weighted by Crippen LogP contribution is 2.34. The smallest absolute Gasteiger partial charge is 0.0864 e. The van der Waals surface area contributed by atoms with Gasteiger partial charge in [-0.1, -0.05) is 78.9 Å². The molecule has 1 heterocycles. The summed E-state index contributed by atoms with van der Waals surface area (Å²) in [6.45, 7) is 0. The molecule has 2 nitrogen and oxygen atoms in total. The number of nitrogens with zero attached hydrogens (tertiary/aromatic N) is 1. The topological polar surface area (TPSA) is 24.4 Å². The Morgan fingerprint density at radius 1 is 0.760 bits per heavy atom. The monoisotopic (exact) mass is 324 g/mol. The summed E-state index contributed by atoms with van der Waals surface area (Å²) in [5.41, 5.74) is 5.62. The molecule has 0 aliphatic carbocycles. The normalized spacial score (nSPS) is 16.6. The van der Waals surface area contributed by atoms with E-state index in [2.05, 4.69) is 84.2 Å². The van der Waals surface area contributed by atoms with E-state index in [0.717, 1.165) is 23.5 Å². The Kier molecular flexibility index (Phi) is 4.42. The standard InChI is InChI=1S/C23H20N2/c1-3-9-18(10-4-1)15-16-20-17-23(19-11-5-2-6-12-19)25-22-14-8-7-13-21(22)24-20/h1-16,23,25H,17H2/t23-/m0/s1. The van der Waals surface area contributed by atoms with Crippen LogP contribution in [-0.4, -0.2) is 5.71 Å². The summed E-state index contributed by atoms with van der Waals surface area (Å²) >= 11 is 0. The Balaban J connectivity index is 1.69. The van der Waals surface area contributed by atoms with Gasteiger partial charge >= 0.3 is 0 Å². The highest BCUT2D eigenvalue weighted by Gasteiger charge is 2.18. The van der Waals surface area contributed by atoms with Crippen LogP contribution >= 0.6 is 0 Å². The highest BCUT2D eigenvalue weighted by molar-refractivity contribution is 6.02. The number of rotatable bonds is 3. The van der Waals surface area contributed by atoms with E-state index in [0.29, 0.717) is 0 Å². The Hall–Kier alpha value is -3.13. The lowest BCUT2D eigenvalue weighted by atomic mass is 10.0. The molecule has 3 aromatic rings. The molecule has 4 rings (SSSR count). The van der Waals surface area contributed by atoms with E-state index in [1.807, 2.05) is 18.2 Å². The molecule has 3 aromatic carbocycles. The molecule has 0 aromatic heterocycles. The molecule has 0 saturated heterocycles. The Labute approximate surface area is 148 Å². The van der Waals surface area contributed by atoms with Gasteiger partial charge in [-0.25, -0.2) is 0 Å². The first-order valence-corrected chi connectivity index (χ1v) is 8.60. The summed E-state index contributed by atoms with van der Waals surface area (Å²) in [5, 5.41) is 3.66. The maximum atomic E-state index is 4.90. The Morgan fingerprint density at radius 2 is 1.44 bits per heavy atom. The van der Waals surface area contributed by atoms with E-state index < -0.39 is 0 Å². The number of hydrogen-bond acceptors (Lipinski definition) is 2. The second-order valence-corrected chi connectivity index (χ2v) is 6.18. The summed E-state index contributed by atoms with van der Waals surface area (Å²) < 4.78 is 0. The van der Waals surface area contributed by atoms with Crippen LogP contribution in [0.15, 0.2) is 96.0 Å². The molecule has 0 spiro atoms. The van der Waals surface area contributed by atoms with E-state index in [1.165, 1.54) is 11.1 Å². The van der Waals surface area contributed by atoms with Crippen molar-refractivity contribution in [1.29, 1.82) is 0 Å². The number of benzene rings is 3. The number of fused-ring (bicyclic) bond motifs is 1. The minimum Gasteiger partial charge on any atom is -0.376 e. The minimum absolute atomic E-state index is 0.212. The van der Waals surface area contributed by atoms with Crippen LogP contribution in [0.3, 0.4) is 0 Å². The third kappa shape index (κ3) is 3.69. The average molecular weight is 324 g/mol. The van der Waals surface area contributed by atoms with E-state index in [-0.39, 0.29) is 6.04 Å². The summed E-state index contributed by atoms with van der Waals surface area (Å²) in [7, 11) is 0. The lowest BCUT2D eigenvalue weighted by Crippen LogP contribution is -2.12. The van der Waals surface area contributed by atoms with Gasteiger partial charge in [0.05, 0.1) is 17.4 Å². The largest absolute Gasteiger partial charge is 0.376 e. The first kappa shape index (κ1) is 15.4. The van der Waals surface area contributed by atoms with Crippen molar-refractivity contribution in [2.75, 3.05) is 5.32 Å². The molecule has 1 aliphatic rings. The number of nitrogens with one attached hydrogen (secondary N) is 1. The van der Waals surface area contributed by atoms with Gasteiger partial charge in [-0.05, 0) is 29.3 Å². The molecule has 1 atom stereocenters. The van der Waals surface area contributed by atoms with Gasteiger partial charge in [-0.3, -0.25) is 4.99 Å². The summed E-state index contributed by atoms with van der Waals surface area (Å²) in [6.07, 6.45) is 5.12. The van der Waals surface area contributed by atoms with Crippen LogP contribution in [0.2, 0.25) is 0 Å². The molecule has 0 unspecified atom stereocenters. The average Bonchev–Trinajstić information content (AvgIpc) is 2.87. The van der Waals surface area contributed by atoms with Gasteiger partial charge in [0.2, 0.25) is 0 Å². The Morgan fingerprint density at radius 3 is 2.24 bits per heavy atom. The zero-order chi connectivity index (χ0) is 16.9. The maximum absolute atomic E-state index is 4.90. The predicted molar refractivity (Wildman–Crippen MR) is 106 cm³/mol. The second-order valence-electron chi connectivity index (χ2n) is 6.18. The van der Waals surface area contributed by atoms with Gasteiger partial charge < -0.3 is 5.32 Å². The van der Waals surface area contributed by atoms with Crippen LogP contribution < -0.4 is 5.32 Å². The molecular weight excluding hydrogens is 304 g/mol. The van der Waals surface area contributed by atoms with Crippen molar-refractivity contribution >= 4 is 23.2 Å². The van der Waals surface area contributed by atoms with Crippen LogP contribution in [0, 0.1) is 0 Å². The van der Waals surface area contributed by atoms with E-state index in [9.17, 15) is 0 Å². The number of allylic oxidation sites excluding steroid dienone is 1. The van der Waals surface area contributed by atoms with Gasteiger partial charge in [-0.15, -0.1) is 0 Å². The van der Waals surface area contributed by atoms with Gasteiger partial charge in [0, 0.05) is 12.1 Å². The van der Waals surface area contributed by atoms with Crippen LogP contribution in [0.1, 0.15) is 23.6 Å². The number of para-hydroxylation sites is 2. The fraction of sp³-hybridized carbons (Fsp3) is 0.0870. The van der Waals surface area contributed by atoms with Crippen LogP contribution in [0.5, 0.6) is 0 Å². The third-order valence-corrected chi connectivity index (χ3v) is 4.38. The number of aliphatic imine (C=N–C) groups is 1. The van der Waals surface area contributed by atoms with Gasteiger partial charge in [0.1, 0.15) is 0 Å². The predicted octanol–water partition coefficient (Wildman–Crippen LogP) is 6.03. The van der Waals surface area contributed by atoms with E-state index in [1.54, 1.807) is 0 Å². The van der Waals surface area contributed by atoms with Crippen LogP contribution in [-0.2, 0) is 0 Å². The first-order chi connectivity index (χ1) is 12.4. The van der Waals surface area contributed by atoms with Crippen LogP contribution in [0.25, 0.3) is 6.08 Å². The molecule has 0 radical (unpaired) electrons. The lowest BCUT2D eigenvalue weighted by molar-refractivity contribution is 0.830. The molecule has 0 amide bonds. The SMILES string of the molecule is C(=Cc1ccccc1)C1=Nc2ccccc2N[C@H](c2ccccc2)C1. The fourth-order valence-corrected chi connectivity index (χ4v) is 3.09. The first-order valence-electron chi connectivity index (χ1n) is 8.60. The minimum atomic E-state index is 0.212. The molecule has 25 heavy (non-hydrogen) atoms. The molecule has 0 bridgehead atoms. The van der Waals surface area contributed by atoms with Crippen molar-refractivity contribution in [3.63, 3.8) is 0 Å². The summed E-state index contributed by atoms with van der Waals surface area (Å²) in [4.78, 5) is 4.90. The molecule has 122 valence electrons. The summed E-state index contributed by atoms with van der Waals surface area (Å²) in [6, 6.07) is 29.4. The van der Waals surface area contributed by atoms with Gasteiger partial charge in [0.15, 0.2) is 0 Å². The number of hydrogen-bond donors (Lipinski definition) is 1. The molecular formula is C23H20N2. The molecule has 0 fully saturated rings. The van der Waals surface area contributed by atoms with Crippen molar-refractivity contribution < 1.29 is 0 Å². The van der Waals surface area contributed by atoms with E-state index in [4.69, 9.17) is 4.99 Å². The summed E-state index contributed by atoms with van der Waals surface area (Å²) in [5.74, 6) is 0. The van der Waals surface area contributed by atoms with Crippen molar-refractivity contribution in [2.24, 2.45) is 4.99 Å². The van der Waals surface area contributed by atoms with Gasteiger partial charge in [-0.2, -0.15) is 0 Å². The maximum Gasteiger partial charge on any atom is 0.0864 e. The number of anilines is 1. The highest BCUT2D eigenvalue weighted by atomic mass is 15.0. The molecule has 0 saturated carbocycles. The second kappa shape index (κ2) is 7.18. The van der Waals surface area contributed by atoms with Crippen molar-refractivity contribution in [3.05, 3.63) is 102 Å². The molecule has 1 aliphatic heterocycles. The molecule has 1 N–H and O–H groups in total. The van der Waals surface area contributed by atoms with Crippen molar-refractivity contribution in [1.82, 2.24) is 0 Å². The molecule has 2 heteroatoms.